The van der Waals surface area contributed by atoms with E-state index in [0.717, 1.165) is 24.0 Å². The predicted octanol–water partition coefficient (Wildman–Crippen LogP) is 3.19. The molecule has 1 unspecified atom stereocenters. The Hall–Kier alpha value is -0.890. The fourth-order valence-electron chi connectivity index (χ4n) is 1.68. The van der Waals surface area contributed by atoms with Gasteiger partial charge in [-0.05, 0) is 26.0 Å². The molecule has 0 aliphatic heterocycles. The third-order valence-electron chi connectivity index (χ3n) is 2.52. The zero-order chi connectivity index (χ0) is 10.6. The van der Waals surface area contributed by atoms with Gasteiger partial charge in [-0.15, -0.1) is 0 Å². The molecule has 0 saturated carbocycles. The molecule has 0 amide bonds. The van der Waals surface area contributed by atoms with Crippen LogP contribution in [0.5, 0.6) is 0 Å². The van der Waals surface area contributed by atoms with Gasteiger partial charge in [0.25, 0.3) is 0 Å². The summed E-state index contributed by atoms with van der Waals surface area (Å²) in [6, 6.07) is 5.71. The zero-order valence-corrected chi connectivity index (χ0v) is 9.10. The van der Waals surface area contributed by atoms with Gasteiger partial charge in [-0.3, -0.25) is 0 Å². The molecule has 0 heterocycles. The highest BCUT2D eigenvalue weighted by atomic mass is 19.1. The Bertz CT molecular complexity index is 296. The van der Waals surface area contributed by atoms with Crippen molar-refractivity contribution in [3.05, 3.63) is 35.1 Å². The molecule has 1 rings (SSSR count). The van der Waals surface area contributed by atoms with Crippen molar-refractivity contribution in [1.29, 1.82) is 0 Å². The molecule has 78 valence electrons. The van der Waals surface area contributed by atoms with Gasteiger partial charge >= 0.3 is 0 Å². The first-order valence-corrected chi connectivity index (χ1v) is 5.13. The summed E-state index contributed by atoms with van der Waals surface area (Å²) in [5.74, 6) is -0.0692. The number of benzene rings is 1. The number of halogens is 1. The van der Waals surface area contributed by atoms with Crippen molar-refractivity contribution in [2.24, 2.45) is 0 Å². The van der Waals surface area contributed by atoms with Crippen molar-refractivity contribution in [2.75, 3.05) is 7.05 Å². The SMILES string of the molecule is CCCC(NC)c1cccc(C)c1F. The minimum atomic E-state index is -0.0692. The van der Waals surface area contributed by atoms with E-state index in [1.165, 1.54) is 0 Å². The van der Waals surface area contributed by atoms with Crippen molar-refractivity contribution in [2.45, 2.75) is 32.7 Å². The molecule has 0 radical (unpaired) electrons. The highest BCUT2D eigenvalue weighted by molar-refractivity contribution is 5.27. The van der Waals surface area contributed by atoms with Crippen LogP contribution in [-0.4, -0.2) is 7.05 Å². The lowest BCUT2D eigenvalue weighted by atomic mass is 10.00. The smallest absolute Gasteiger partial charge is 0.130 e. The van der Waals surface area contributed by atoms with E-state index >= 15 is 0 Å². The Kier molecular flexibility index (Phi) is 4.08. The molecular weight excluding hydrogens is 177 g/mol. The molecule has 0 bridgehead atoms. The Morgan fingerprint density at radius 2 is 2.14 bits per heavy atom. The third-order valence-corrected chi connectivity index (χ3v) is 2.52. The van der Waals surface area contributed by atoms with E-state index in [1.54, 1.807) is 13.0 Å². The summed E-state index contributed by atoms with van der Waals surface area (Å²) in [4.78, 5) is 0. The number of rotatable bonds is 4. The molecule has 14 heavy (non-hydrogen) atoms. The zero-order valence-electron chi connectivity index (χ0n) is 9.10. The summed E-state index contributed by atoms with van der Waals surface area (Å²) in [7, 11) is 1.88. The van der Waals surface area contributed by atoms with Crippen LogP contribution >= 0.6 is 0 Å². The molecular formula is C12H18FN. The summed E-state index contributed by atoms with van der Waals surface area (Å²) >= 11 is 0. The van der Waals surface area contributed by atoms with Crippen LogP contribution in [0.1, 0.15) is 36.9 Å². The van der Waals surface area contributed by atoms with Gasteiger partial charge < -0.3 is 5.32 Å². The third kappa shape index (κ3) is 2.32. The maximum atomic E-state index is 13.7. The highest BCUT2D eigenvalue weighted by Crippen LogP contribution is 2.22. The monoisotopic (exact) mass is 195 g/mol. The lowest BCUT2D eigenvalue weighted by Crippen LogP contribution is -2.17. The van der Waals surface area contributed by atoms with Gasteiger partial charge in [0.05, 0.1) is 0 Å². The van der Waals surface area contributed by atoms with Gasteiger partial charge in [-0.25, -0.2) is 4.39 Å². The molecule has 0 saturated heterocycles. The van der Waals surface area contributed by atoms with Crippen molar-refractivity contribution in [3.63, 3.8) is 0 Å². The van der Waals surface area contributed by atoms with Crippen LogP contribution in [0.3, 0.4) is 0 Å². The van der Waals surface area contributed by atoms with Gasteiger partial charge in [0.1, 0.15) is 5.82 Å². The molecule has 1 N–H and O–H groups in total. The van der Waals surface area contributed by atoms with Gasteiger partial charge in [0.15, 0.2) is 0 Å². The summed E-state index contributed by atoms with van der Waals surface area (Å²) in [5, 5.41) is 3.15. The van der Waals surface area contributed by atoms with E-state index in [9.17, 15) is 4.39 Å². The highest BCUT2D eigenvalue weighted by Gasteiger charge is 2.13. The average Bonchev–Trinajstić information content (AvgIpc) is 2.19. The fraction of sp³-hybridized carbons (Fsp3) is 0.500. The molecule has 0 aliphatic carbocycles. The number of hydrogen-bond acceptors (Lipinski definition) is 1. The van der Waals surface area contributed by atoms with E-state index in [2.05, 4.69) is 12.2 Å². The molecule has 0 aromatic heterocycles. The van der Waals surface area contributed by atoms with Crippen LogP contribution in [0.25, 0.3) is 0 Å². The Morgan fingerprint density at radius 3 is 2.71 bits per heavy atom. The van der Waals surface area contributed by atoms with Crippen molar-refractivity contribution in [3.8, 4) is 0 Å². The fourth-order valence-corrected chi connectivity index (χ4v) is 1.68. The van der Waals surface area contributed by atoms with Crippen LogP contribution in [0, 0.1) is 12.7 Å². The van der Waals surface area contributed by atoms with E-state index in [4.69, 9.17) is 0 Å². The molecule has 1 atom stereocenters. The largest absolute Gasteiger partial charge is 0.313 e. The first kappa shape index (κ1) is 11.2. The van der Waals surface area contributed by atoms with E-state index in [-0.39, 0.29) is 11.9 Å². The first-order chi connectivity index (χ1) is 6.70. The van der Waals surface area contributed by atoms with Gasteiger partial charge in [0.2, 0.25) is 0 Å². The van der Waals surface area contributed by atoms with E-state index in [0.29, 0.717) is 0 Å². The van der Waals surface area contributed by atoms with Crippen molar-refractivity contribution >= 4 is 0 Å². The molecule has 1 aromatic rings. The van der Waals surface area contributed by atoms with Crippen LogP contribution < -0.4 is 5.32 Å². The topological polar surface area (TPSA) is 12.0 Å². The van der Waals surface area contributed by atoms with Gasteiger partial charge in [0, 0.05) is 11.6 Å². The first-order valence-electron chi connectivity index (χ1n) is 5.13. The summed E-state index contributed by atoms with van der Waals surface area (Å²) < 4.78 is 13.7. The van der Waals surface area contributed by atoms with Gasteiger partial charge in [-0.1, -0.05) is 31.5 Å². The second-order valence-corrected chi connectivity index (χ2v) is 3.61. The van der Waals surface area contributed by atoms with Crippen LogP contribution in [-0.2, 0) is 0 Å². The Balaban J connectivity index is 2.97. The summed E-state index contributed by atoms with van der Waals surface area (Å²) in [6.07, 6.45) is 2.02. The number of aryl methyl sites for hydroxylation is 1. The lowest BCUT2D eigenvalue weighted by Gasteiger charge is -2.17. The summed E-state index contributed by atoms with van der Waals surface area (Å²) in [5.41, 5.74) is 1.51. The number of nitrogens with one attached hydrogen (secondary N) is 1. The predicted molar refractivity (Wildman–Crippen MR) is 57.8 cm³/mol. The normalized spacial score (nSPS) is 12.9. The standard InChI is InChI=1S/C12H18FN/c1-4-6-11(14-3)10-8-5-7-9(2)12(10)13/h5,7-8,11,14H,4,6H2,1-3H3. The molecule has 0 aliphatic rings. The van der Waals surface area contributed by atoms with Crippen molar-refractivity contribution in [1.82, 2.24) is 5.32 Å². The van der Waals surface area contributed by atoms with E-state index in [1.807, 2.05) is 19.2 Å². The number of hydrogen-bond donors (Lipinski definition) is 1. The van der Waals surface area contributed by atoms with E-state index < -0.39 is 0 Å². The second-order valence-electron chi connectivity index (χ2n) is 3.61. The maximum Gasteiger partial charge on any atom is 0.130 e. The maximum absolute atomic E-state index is 13.7. The van der Waals surface area contributed by atoms with Crippen LogP contribution in [0.15, 0.2) is 18.2 Å². The quantitative estimate of drug-likeness (QED) is 0.778. The molecule has 1 aromatic carbocycles. The molecule has 2 heteroatoms. The lowest BCUT2D eigenvalue weighted by molar-refractivity contribution is 0.501. The van der Waals surface area contributed by atoms with Crippen LogP contribution in [0.2, 0.25) is 0 Å². The molecule has 1 nitrogen and oxygen atoms in total. The second kappa shape index (κ2) is 5.11. The van der Waals surface area contributed by atoms with Crippen LogP contribution in [0.4, 0.5) is 4.39 Å². The minimum Gasteiger partial charge on any atom is -0.313 e. The minimum absolute atomic E-state index is 0.0692. The molecule has 0 spiro atoms. The summed E-state index contributed by atoms with van der Waals surface area (Å²) in [6.45, 7) is 3.91. The Morgan fingerprint density at radius 1 is 1.43 bits per heavy atom. The Labute approximate surface area is 85.3 Å². The molecule has 0 fully saturated rings. The average molecular weight is 195 g/mol. The van der Waals surface area contributed by atoms with Gasteiger partial charge in [-0.2, -0.15) is 0 Å². The van der Waals surface area contributed by atoms with Crippen molar-refractivity contribution < 1.29 is 4.39 Å².